The molecule has 112 valence electrons. The maximum absolute atomic E-state index is 13.0. The number of piperidine rings is 2. The highest BCUT2D eigenvalue weighted by Gasteiger charge is 2.48. The molecule has 0 bridgehead atoms. The Hall–Kier alpha value is -1.68. The third kappa shape index (κ3) is 2.48. The Bertz CT molecular complexity index is 537. The summed E-state index contributed by atoms with van der Waals surface area (Å²) in [6.45, 7) is 3.92. The molecule has 2 saturated heterocycles. The number of carbonyl (C=O) groups excluding carboxylic acids is 2. The van der Waals surface area contributed by atoms with Crippen LogP contribution in [0.3, 0.4) is 0 Å². The van der Waals surface area contributed by atoms with Crippen LogP contribution in [-0.2, 0) is 9.59 Å². The molecule has 0 radical (unpaired) electrons. The second-order valence-electron chi connectivity index (χ2n) is 6.19. The monoisotopic (exact) mass is 286 g/mol. The lowest BCUT2D eigenvalue weighted by molar-refractivity contribution is -0.139. The van der Waals surface area contributed by atoms with Crippen LogP contribution in [0, 0.1) is 0 Å². The summed E-state index contributed by atoms with van der Waals surface area (Å²) in [7, 11) is 0. The van der Waals surface area contributed by atoms with Crippen LogP contribution in [0.25, 0.3) is 0 Å². The van der Waals surface area contributed by atoms with E-state index in [0.29, 0.717) is 18.5 Å². The maximum Gasteiger partial charge on any atom is 0.254 e. The summed E-state index contributed by atoms with van der Waals surface area (Å²) >= 11 is 0. The molecule has 0 aliphatic carbocycles. The van der Waals surface area contributed by atoms with Crippen LogP contribution in [0.1, 0.15) is 39.0 Å². The molecule has 2 aliphatic rings. The van der Waals surface area contributed by atoms with Crippen LogP contribution in [0.4, 0.5) is 5.69 Å². The highest BCUT2D eigenvalue weighted by atomic mass is 16.2. The molecule has 0 N–H and O–H groups in total. The van der Waals surface area contributed by atoms with Crippen LogP contribution in [-0.4, -0.2) is 35.3 Å². The largest absolute Gasteiger partial charge is 0.290 e. The number of hydrogen-bond acceptors (Lipinski definition) is 3. The van der Waals surface area contributed by atoms with Gasteiger partial charge in [0.15, 0.2) is 0 Å². The molecule has 21 heavy (non-hydrogen) atoms. The van der Waals surface area contributed by atoms with E-state index in [1.807, 2.05) is 37.3 Å². The summed E-state index contributed by atoms with van der Waals surface area (Å²) in [6.07, 6.45) is 4.59. The number of benzene rings is 1. The van der Waals surface area contributed by atoms with E-state index in [1.165, 1.54) is 11.3 Å². The first kappa shape index (κ1) is 14.3. The third-order valence-corrected chi connectivity index (χ3v) is 4.81. The number of rotatable bonds is 2. The van der Waals surface area contributed by atoms with Gasteiger partial charge in [0.25, 0.3) is 5.91 Å². The third-order valence-electron chi connectivity index (χ3n) is 4.81. The van der Waals surface area contributed by atoms with Gasteiger partial charge in [0.1, 0.15) is 0 Å². The van der Waals surface area contributed by atoms with Crippen molar-refractivity contribution in [1.82, 2.24) is 4.90 Å². The molecule has 4 nitrogen and oxygen atoms in total. The molecule has 1 unspecified atom stereocenters. The number of para-hydroxylation sites is 1. The highest BCUT2D eigenvalue weighted by molar-refractivity contribution is 6.19. The van der Waals surface area contributed by atoms with Gasteiger partial charge in [-0.1, -0.05) is 24.6 Å². The molecule has 2 fully saturated rings. The van der Waals surface area contributed by atoms with Crippen molar-refractivity contribution in [3.63, 3.8) is 0 Å². The molecule has 3 rings (SSSR count). The van der Waals surface area contributed by atoms with E-state index in [1.54, 1.807) is 0 Å². The smallest absolute Gasteiger partial charge is 0.254 e. The van der Waals surface area contributed by atoms with E-state index >= 15 is 0 Å². The molecule has 0 aromatic heterocycles. The summed E-state index contributed by atoms with van der Waals surface area (Å²) < 4.78 is 0. The molecule has 0 spiro atoms. The lowest BCUT2D eigenvalue weighted by Crippen LogP contribution is -2.63. The molecule has 2 aliphatic heterocycles. The van der Waals surface area contributed by atoms with Crippen molar-refractivity contribution in [2.24, 2.45) is 0 Å². The zero-order valence-electron chi connectivity index (χ0n) is 12.5. The fraction of sp³-hybridized carbons (Fsp3) is 0.529. The van der Waals surface area contributed by atoms with Gasteiger partial charge in [-0.15, -0.1) is 0 Å². The van der Waals surface area contributed by atoms with Crippen LogP contribution in [0.15, 0.2) is 30.3 Å². The van der Waals surface area contributed by atoms with E-state index in [0.717, 1.165) is 25.9 Å². The average Bonchev–Trinajstić information content (AvgIpc) is 2.53. The predicted molar refractivity (Wildman–Crippen MR) is 82.0 cm³/mol. The first-order valence-electron chi connectivity index (χ1n) is 7.80. The lowest BCUT2D eigenvalue weighted by Gasteiger charge is -2.46. The Labute approximate surface area is 125 Å². The number of nitrogens with zero attached hydrogens (tertiary/aromatic N) is 2. The van der Waals surface area contributed by atoms with Crippen LogP contribution < -0.4 is 4.90 Å². The normalized spacial score (nSPS) is 28.0. The quantitative estimate of drug-likeness (QED) is 0.785. The van der Waals surface area contributed by atoms with E-state index in [9.17, 15) is 9.59 Å². The van der Waals surface area contributed by atoms with Crippen molar-refractivity contribution in [3.05, 3.63) is 30.3 Å². The maximum atomic E-state index is 13.0. The minimum absolute atomic E-state index is 0.0631. The van der Waals surface area contributed by atoms with Crippen LogP contribution in [0.2, 0.25) is 0 Å². The van der Waals surface area contributed by atoms with Crippen LogP contribution in [0.5, 0.6) is 0 Å². The summed E-state index contributed by atoms with van der Waals surface area (Å²) in [4.78, 5) is 28.9. The summed E-state index contributed by atoms with van der Waals surface area (Å²) in [6, 6.07) is 9.28. The molecule has 0 saturated carbocycles. The number of amides is 2. The molecule has 4 heteroatoms. The molecule has 2 heterocycles. The Balaban J connectivity index is 1.91. The van der Waals surface area contributed by atoms with Gasteiger partial charge >= 0.3 is 0 Å². The van der Waals surface area contributed by atoms with E-state index < -0.39 is 5.54 Å². The SMILES string of the molecule is CC1(N2CCCCC2)CCC(=O)N(c2ccccc2)C1=O. The van der Waals surface area contributed by atoms with E-state index in [4.69, 9.17) is 0 Å². The molecular weight excluding hydrogens is 264 g/mol. The number of hydrogen-bond donors (Lipinski definition) is 0. The van der Waals surface area contributed by atoms with Crippen LogP contribution >= 0.6 is 0 Å². The average molecular weight is 286 g/mol. The van der Waals surface area contributed by atoms with Gasteiger partial charge in [-0.2, -0.15) is 0 Å². The van der Waals surface area contributed by atoms with E-state index in [2.05, 4.69) is 4.90 Å². The number of anilines is 1. The van der Waals surface area contributed by atoms with Crippen molar-refractivity contribution in [2.45, 2.75) is 44.6 Å². The molecule has 1 aromatic rings. The fourth-order valence-corrected chi connectivity index (χ4v) is 3.44. The predicted octanol–water partition coefficient (Wildman–Crippen LogP) is 2.58. The summed E-state index contributed by atoms with van der Waals surface area (Å²) in [5.74, 6) is -0.146. The minimum Gasteiger partial charge on any atom is -0.290 e. The zero-order valence-corrected chi connectivity index (χ0v) is 12.5. The molecular formula is C17H22N2O2. The van der Waals surface area contributed by atoms with Gasteiger partial charge in [-0.3, -0.25) is 14.5 Å². The summed E-state index contributed by atoms with van der Waals surface area (Å²) in [5.41, 5.74) is 0.153. The minimum atomic E-state index is -0.538. The van der Waals surface area contributed by atoms with E-state index in [-0.39, 0.29) is 11.8 Å². The molecule has 1 atom stereocenters. The number of carbonyl (C=O) groups is 2. The Kier molecular flexibility index (Phi) is 3.81. The molecule has 2 amide bonds. The van der Waals surface area contributed by atoms with Crippen molar-refractivity contribution < 1.29 is 9.59 Å². The standard InChI is InChI=1S/C17H22N2O2/c1-17(18-12-6-3-7-13-18)11-10-15(20)19(16(17)21)14-8-4-2-5-9-14/h2,4-5,8-9H,3,6-7,10-13H2,1H3. The Morgan fingerprint density at radius 2 is 1.67 bits per heavy atom. The Morgan fingerprint density at radius 1 is 1.00 bits per heavy atom. The van der Waals surface area contributed by atoms with Crippen molar-refractivity contribution in [3.8, 4) is 0 Å². The zero-order chi connectivity index (χ0) is 14.9. The first-order chi connectivity index (χ1) is 10.1. The Morgan fingerprint density at radius 3 is 2.33 bits per heavy atom. The topological polar surface area (TPSA) is 40.6 Å². The fourth-order valence-electron chi connectivity index (χ4n) is 3.44. The van der Waals surface area contributed by atoms with Gasteiger partial charge in [-0.05, 0) is 51.4 Å². The molecule has 1 aromatic carbocycles. The van der Waals surface area contributed by atoms with Crippen molar-refractivity contribution in [2.75, 3.05) is 18.0 Å². The van der Waals surface area contributed by atoms with Gasteiger partial charge in [-0.25, -0.2) is 4.90 Å². The van der Waals surface area contributed by atoms with Crippen molar-refractivity contribution in [1.29, 1.82) is 0 Å². The first-order valence-corrected chi connectivity index (χ1v) is 7.80. The van der Waals surface area contributed by atoms with Crippen molar-refractivity contribution >= 4 is 17.5 Å². The number of likely N-dealkylation sites (tertiary alicyclic amines) is 1. The van der Waals surface area contributed by atoms with Gasteiger partial charge in [0.2, 0.25) is 5.91 Å². The lowest BCUT2D eigenvalue weighted by atomic mass is 9.86. The second-order valence-corrected chi connectivity index (χ2v) is 6.19. The summed E-state index contributed by atoms with van der Waals surface area (Å²) in [5, 5.41) is 0. The van der Waals surface area contributed by atoms with Gasteiger partial charge in [0.05, 0.1) is 11.2 Å². The number of imide groups is 1. The van der Waals surface area contributed by atoms with Gasteiger partial charge in [0, 0.05) is 6.42 Å². The second kappa shape index (κ2) is 5.60. The highest BCUT2D eigenvalue weighted by Crippen LogP contribution is 2.34. The van der Waals surface area contributed by atoms with Gasteiger partial charge < -0.3 is 0 Å².